The van der Waals surface area contributed by atoms with E-state index in [1.54, 1.807) is 13.1 Å². The largest absolute Gasteiger partial charge is 0.397 e. The van der Waals surface area contributed by atoms with E-state index in [1.807, 2.05) is 13.8 Å². The number of hydrogen-bond donors (Lipinski definition) is 3. The van der Waals surface area contributed by atoms with Crippen molar-refractivity contribution in [2.75, 3.05) is 17.6 Å². The zero-order chi connectivity index (χ0) is 13.0. The molecule has 0 aliphatic carbocycles. The molecule has 6 heteroatoms. The maximum absolute atomic E-state index is 11.6. The van der Waals surface area contributed by atoms with Crippen LogP contribution in [0.1, 0.15) is 19.4 Å². The van der Waals surface area contributed by atoms with Crippen molar-refractivity contribution < 1.29 is 4.79 Å². The van der Waals surface area contributed by atoms with Crippen LogP contribution < -0.4 is 16.4 Å². The molecule has 0 saturated heterocycles. The number of nitrogens with zero attached hydrogens (tertiary/aromatic N) is 1. The zero-order valence-corrected chi connectivity index (χ0v) is 11.8. The SMILES string of the molecule is CCNC(=O)C(C)Nc1ncc(N)c(C)c1Br. The highest BCUT2D eigenvalue weighted by atomic mass is 79.9. The number of amides is 1. The molecule has 17 heavy (non-hydrogen) atoms. The Bertz CT molecular complexity index is 422. The zero-order valence-electron chi connectivity index (χ0n) is 10.2. The summed E-state index contributed by atoms with van der Waals surface area (Å²) in [5.41, 5.74) is 7.25. The van der Waals surface area contributed by atoms with Crippen LogP contribution in [-0.2, 0) is 4.79 Å². The third kappa shape index (κ3) is 3.33. The van der Waals surface area contributed by atoms with Crippen LogP contribution in [-0.4, -0.2) is 23.5 Å². The number of hydrogen-bond acceptors (Lipinski definition) is 4. The first kappa shape index (κ1) is 13.8. The smallest absolute Gasteiger partial charge is 0.242 e. The number of likely N-dealkylation sites (N-methyl/N-ethyl adjacent to an activating group) is 1. The number of rotatable bonds is 4. The van der Waals surface area contributed by atoms with Gasteiger partial charge >= 0.3 is 0 Å². The van der Waals surface area contributed by atoms with Crippen molar-refractivity contribution in [3.63, 3.8) is 0 Å². The Morgan fingerprint density at radius 1 is 1.65 bits per heavy atom. The van der Waals surface area contributed by atoms with Crippen LogP contribution in [0.15, 0.2) is 10.7 Å². The van der Waals surface area contributed by atoms with E-state index in [1.165, 1.54) is 0 Å². The van der Waals surface area contributed by atoms with Crippen LogP contribution >= 0.6 is 15.9 Å². The van der Waals surface area contributed by atoms with Crippen LogP contribution in [0.3, 0.4) is 0 Å². The summed E-state index contributed by atoms with van der Waals surface area (Å²) in [6.45, 7) is 6.17. The van der Waals surface area contributed by atoms with E-state index in [0.29, 0.717) is 18.1 Å². The number of pyridine rings is 1. The molecule has 0 radical (unpaired) electrons. The fraction of sp³-hybridized carbons (Fsp3) is 0.455. The van der Waals surface area contributed by atoms with Gasteiger partial charge < -0.3 is 16.4 Å². The minimum atomic E-state index is -0.346. The summed E-state index contributed by atoms with van der Waals surface area (Å²) in [7, 11) is 0. The van der Waals surface area contributed by atoms with Crippen molar-refractivity contribution in [3.05, 3.63) is 16.2 Å². The summed E-state index contributed by atoms with van der Waals surface area (Å²) in [5.74, 6) is 0.561. The first-order chi connectivity index (χ1) is 7.97. The van der Waals surface area contributed by atoms with Gasteiger partial charge in [-0.05, 0) is 42.3 Å². The summed E-state index contributed by atoms with van der Waals surface area (Å²) >= 11 is 3.41. The molecule has 1 atom stereocenters. The maximum Gasteiger partial charge on any atom is 0.242 e. The molecular formula is C11H17BrN4O. The highest BCUT2D eigenvalue weighted by Gasteiger charge is 2.15. The monoisotopic (exact) mass is 300 g/mol. The van der Waals surface area contributed by atoms with E-state index in [0.717, 1.165) is 10.0 Å². The number of nitrogens with one attached hydrogen (secondary N) is 2. The predicted octanol–water partition coefficient (Wildman–Crippen LogP) is 1.67. The number of anilines is 2. The third-order valence-corrected chi connectivity index (χ3v) is 3.37. The van der Waals surface area contributed by atoms with Gasteiger partial charge in [0.05, 0.1) is 16.4 Å². The molecule has 0 bridgehead atoms. The van der Waals surface area contributed by atoms with E-state index in [4.69, 9.17) is 5.73 Å². The topological polar surface area (TPSA) is 80.0 Å². The Morgan fingerprint density at radius 3 is 2.88 bits per heavy atom. The fourth-order valence-electron chi connectivity index (χ4n) is 1.29. The molecule has 0 saturated carbocycles. The molecule has 0 aromatic carbocycles. The minimum absolute atomic E-state index is 0.0596. The molecule has 5 nitrogen and oxygen atoms in total. The van der Waals surface area contributed by atoms with Gasteiger partial charge in [0.15, 0.2) is 0 Å². The average Bonchev–Trinajstić information content (AvgIpc) is 2.30. The number of carbonyl (C=O) groups is 1. The summed E-state index contributed by atoms with van der Waals surface area (Å²) in [5, 5.41) is 5.78. The molecule has 1 aromatic rings. The van der Waals surface area contributed by atoms with Gasteiger partial charge in [-0.2, -0.15) is 0 Å². The Morgan fingerprint density at radius 2 is 2.29 bits per heavy atom. The fourth-order valence-corrected chi connectivity index (χ4v) is 1.74. The lowest BCUT2D eigenvalue weighted by molar-refractivity contribution is -0.121. The van der Waals surface area contributed by atoms with E-state index >= 15 is 0 Å². The molecule has 1 rings (SSSR count). The van der Waals surface area contributed by atoms with Crippen LogP contribution in [0.5, 0.6) is 0 Å². The number of aromatic nitrogens is 1. The second-order valence-electron chi connectivity index (χ2n) is 3.76. The minimum Gasteiger partial charge on any atom is -0.397 e. The highest BCUT2D eigenvalue weighted by molar-refractivity contribution is 9.10. The van der Waals surface area contributed by atoms with Gasteiger partial charge in [0, 0.05) is 6.54 Å². The second kappa shape index (κ2) is 5.86. The quantitative estimate of drug-likeness (QED) is 0.790. The molecule has 4 N–H and O–H groups in total. The van der Waals surface area contributed by atoms with Gasteiger partial charge in [0.1, 0.15) is 11.9 Å². The number of halogens is 1. The first-order valence-electron chi connectivity index (χ1n) is 5.42. The van der Waals surface area contributed by atoms with Crippen molar-refractivity contribution in [2.24, 2.45) is 0 Å². The van der Waals surface area contributed by atoms with Gasteiger partial charge in [-0.25, -0.2) is 4.98 Å². The van der Waals surface area contributed by atoms with Crippen molar-refractivity contribution in [3.8, 4) is 0 Å². The summed E-state index contributed by atoms with van der Waals surface area (Å²) < 4.78 is 0.786. The Kier molecular flexibility index (Phi) is 4.74. The van der Waals surface area contributed by atoms with Crippen molar-refractivity contribution in [1.82, 2.24) is 10.3 Å². The molecule has 1 heterocycles. The number of nitrogen functional groups attached to an aromatic ring is 1. The number of carbonyl (C=O) groups excluding carboxylic acids is 1. The van der Waals surface area contributed by atoms with Crippen LogP contribution in [0.25, 0.3) is 0 Å². The lowest BCUT2D eigenvalue weighted by Crippen LogP contribution is -2.37. The molecule has 0 fully saturated rings. The maximum atomic E-state index is 11.6. The Balaban J connectivity index is 2.82. The molecule has 0 aliphatic rings. The lowest BCUT2D eigenvalue weighted by atomic mass is 10.2. The van der Waals surface area contributed by atoms with Gasteiger partial charge in [0.2, 0.25) is 5.91 Å². The van der Waals surface area contributed by atoms with E-state index in [2.05, 4.69) is 31.5 Å². The van der Waals surface area contributed by atoms with Gasteiger partial charge in [-0.1, -0.05) is 0 Å². The molecule has 0 aliphatic heterocycles. The van der Waals surface area contributed by atoms with Crippen LogP contribution in [0, 0.1) is 6.92 Å². The molecular weight excluding hydrogens is 284 g/mol. The summed E-state index contributed by atoms with van der Waals surface area (Å²) in [4.78, 5) is 15.7. The molecule has 0 spiro atoms. The van der Waals surface area contributed by atoms with Crippen molar-refractivity contribution >= 4 is 33.3 Å². The third-order valence-electron chi connectivity index (χ3n) is 2.40. The van der Waals surface area contributed by atoms with Crippen LogP contribution in [0.4, 0.5) is 11.5 Å². The second-order valence-corrected chi connectivity index (χ2v) is 4.55. The summed E-state index contributed by atoms with van der Waals surface area (Å²) in [6.07, 6.45) is 1.58. The van der Waals surface area contributed by atoms with E-state index in [9.17, 15) is 4.79 Å². The molecule has 1 aromatic heterocycles. The van der Waals surface area contributed by atoms with Crippen molar-refractivity contribution in [1.29, 1.82) is 0 Å². The average molecular weight is 301 g/mol. The molecule has 1 amide bonds. The molecule has 1 unspecified atom stereocenters. The predicted molar refractivity (Wildman–Crippen MR) is 72.9 cm³/mol. The Labute approximate surface area is 109 Å². The normalized spacial score (nSPS) is 12.0. The molecule has 94 valence electrons. The van der Waals surface area contributed by atoms with Crippen LogP contribution in [0.2, 0.25) is 0 Å². The van der Waals surface area contributed by atoms with Crippen molar-refractivity contribution in [2.45, 2.75) is 26.8 Å². The lowest BCUT2D eigenvalue weighted by Gasteiger charge is -2.16. The van der Waals surface area contributed by atoms with Gasteiger partial charge in [0.25, 0.3) is 0 Å². The van der Waals surface area contributed by atoms with Gasteiger partial charge in [-0.3, -0.25) is 4.79 Å². The standard InChI is InChI=1S/C11H17BrN4O/c1-4-14-11(17)7(3)16-10-9(12)6(2)8(13)5-15-10/h5,7H,4,13H2,1-3H3,(H,14,17)(H,15,16). The van der Waals surface area contributed by atoms with Gasteiger partial charge in [-0.15, -0.1) is 0 Å². The van der Waals surface area contributed by atoms with E-state index in [-0.39, 0.29) is 11.9 Å². The van der Waals surface area contributed by atoms with E-state index < -0.39 is 0 Å². The Hall–Kier alpha value is -1.30. The summed E-state index contributed by atoms with van der Waals surface area (Å²) in [6, 6.07) is -0.346. The highest BCUT2D eigenvalue weighted by Crippen LogP contribution is 2.27. The number of nitrogens with two attached hydrogens (primary N) is 1. The first-order valence-corrected chi connectivity index (χ1v) is 6.21.